The number of fused-ring (bicyclic) bond motifs is 1. The molecule has 4 heteroatoms. The third kappa shape index (κ3) is 3.81. The van der Waals surface area contributed by atoms with Crippen molar-refractivity contribution in [2.75, 3.05) is 0 Å². The van der Waals surface area contributed by atoms with E-state index in [1.165, 1.54) is 6.08 Å². The molecule has 0 bridgehead atoms. The van der Waals surface area contributed by atoms with Gasteiger partial charge in [-0.25, -0.2) is 9.78 Å². The molecule has 2 aromatic rings. The SMILES string of the molecule is CC(C)(C)OC(=O)/C=C/c1ccc2cccc(Cl)c2n1. The molecule has 3 nitrogen and oxygen atoms in total. The maximum Gasteiger partial charge on any atom is 0.331 e. The number of rotatable bonds is 2. The Kier molecular flexibility index (Phi) is 4.09. The van der Waals surface area contributed by atoms with Crippen LogP contribution < -0.4 is 0 Å². The summed E-state index contributed by atoms with van der Waals surface area (Å²) in [6.45, 7) is 5.48. The molecule has 0 atom stereocenters. The summed E-state index contributed by atoms with van der Waals surface area (Å²) in [6.07, 6.45) is 2.99. The highest BCUT2D eigenvalue weighted by Crippen LogP contribution is 2.21. The van der Waals surface area contributed by atoms with Gasteiger partial charge >= 0.3 is 5.97 Å². The molecular formula is C16H16ClNO2. The number of hydrogen-bond donors (Lipinski definition) is 0. The van der Waals surface area contributed by atoms with Crippen molar-refractivity contribution in [2.24, 2.45) is 0 Å². The summed E-state index contributed by atoms with van der Waals surface area (Å²) < 4.78 is 5.19. The molecule has 0 fully saturated rings. The number of benzene rings is 1. The smallest absolute Gasteiger partial charge is 0.331 e. The number of halogens is 1. The van der Waals surface area contributed by atoms with E-state index in [2.05, 4.69) is 4.98 Å². The van der Waals surface area contributed by atoms with Crippen molar-refractivity contribution in [1.29, 1.82) is 0 Å². The third-order valence-electron chi connectivity index (χ3n) is 2.49. The highest BCUT2D eigenvalue weighted by atomic mass is 35.5. The summed E-state index contributed by atoms with van der Waals surface area (Å²) in [5, 5.41) is 1.56. The van der Waals surface area contributed by atoms with Gasteiger partial charge in [0.1, 0.15) is 5.60 Å². The number of carbonyl (C=O) groups is 1. The number of nitrogens with zero attached hydrogens (tertiary/aromatic N) is 1. The van der Waals surface area contributed by atoms with E-state index in [1.54, 1.807) is 12.1 Å². The molecule has 0 radical (unpaired) electrons. The summed E-state index contributed by atoms with van der Waals surface area (Å²) in [4.78, 5) is 16.0. The molecule has 20 heavy (non-hydrogen) atoms. The quantitative estimate of drug-likeness (QED) is 0.613. The molecule has 0 aliphatic carbocycles. The number of aromatic nitrogens is 1. The Bertz CT molecular complexity index is 672. The minimum absolute atomic E-state index is 0.390. The van der Waals surface area contributed by atoms with Gasteiger partial charge < -0.3 is 4.74 Å². The normalized spacial score (nSPS) is 12.0. The lowest BCUT2D eigenvalue weighted by molar-refractivity contribution is -0.148. The van der Waals surface area contributed by atoms with Gasteiger partial charge in [0.15, 0.2) is 0 Å². The van der Waals surface area contributed by atoms with Crippen molar-refractivity contribution in [3.63, 3.8) is 0 Å². The Morgan fingerprint density at radius 1 is 1.25 bits per heavy atom. The largest absolute Gasteiger partial charge is 0.457 e. The van der Waals surface area contributed by atoms with Gasteiger partial charge in [-0.05, 0) is 39.0 Å². The van der Waals surface area contributed by atoms with Crippen molar-refractivity contribution in [1.82, 2.24) is 4.98 Å². The summed E-state index contributed by atoms with van der Waals surface area (Å²) >= 11 is 6.10. The molecular weight excluding hydrogens is 274 g/mol. The second-order valence-corrected chi connectivity index (χ2v) is 5.82. The van der Waals surface area contributed by atoms with Crippen molar-refractivity contribution in [3.05, 3.63) is 47.1 Å². The van der Waals surface area contributed by atoms with Gasteiger partial charge in [-0.2, -0.15) is 0 Å². The predicted molar refractivity (Wildman–Crippen MR) is 81.6 cm³/mol. The molecule has 0 aliphatic rings. The highest BCUT2D eigenvalue weighted by molar-refractivity contribution is 6.35. The first-order valence-electron chi connectivity index (χ1n) is 6.31. The lowest BCUT2D eigenvalue weighted by atomic mass is 10.2. The monoisotopic (exact) mass is 289 g/mol. The van der Waals surface area contributed by atoms with Crippen molar-refractivity contribution < 1.29 is 9.53 Å². The summed E-state index contributed by atoms with van der Waals surface area (Å²) in [6, 6.07) is 9.36. The van der Waals surface area contributed by atoms with E-state index < -0.39 is 11.6 Å². The van der Waals surface area contributed by atoms with E-state index in [-0.39, 0.29) is 0 Å². The molecule has 0 spiro atoms. The van der Waals surface area contributed by atoms with Crippen LogP contribution in [0.2, 0.25) is 5.02 Å². The number of carbonyl (C=O) groups excluding carboxylic acids is 1. The Hall–Kier alpha value is -1.87. The average molecular weight is 290 g/mol. The fourth-order valence-corrected chi connectivity index (χ4v) is 1.93. The molecule has 1 aromatic heterocycles. The maximum atomic E-state index is 11.6. The fraction of sp³-hybridized carbons (Fsp3) is 0.250. The van der Waals surface area contributed by atoms with Gasteiger partial charge in [-0.3, -0.25) is 0 Å². The minimum Gasteiger partial charge on any atom is -0.457 e. The number of pyridine rings is 1. The Labute approximate surface area is 123 Å². The van der Waals surface area contributed by atoms with Crippen LogP contribution in [0.4, 0.5) is 0 Å². The van der Waals surface area contributed by atoms with Crippen LogP contribution in [0.5, 0.6) is 0 Å². The van der Waals surface area contributed by atoms with E-state index in [9.17, 15) is 4.79 Å². The molecule has 0 saturated carbocycles. The Balaban J connectivity index is 2.22. The van der Waals surface area contributed by atoms with Gasteiger partial charge in [-0.15, -0.1) is 0 Å². The first-order valence-corrected chi connectivity index (χ1v) is 6.69. The van der Waals surface area contributed by atoms with E-state index in [4.69, 9.17) is 16.3 Å². The van der Waals surface area contributed by atoms with Crippen LogP contribution in [0.1, 0.15) is 26.5 Å². The lowest BCUT2D eigenvalue weighted by Crippen LogP contribution is -2.22. The van der Waals surface area contributed by atoms with Crippen LogP contribution in [-0.4, -0.2) is 16.6 Å². The van der Waals surface area contributed by atoms with Gasteiger partial charge in [0.25, 0.3) is 0 Å². The fourth-order valence-electron chi connectivity index (χ4n) is 1.71. The van der Waals surface area contributed by atoms with Crippen LogP contribution in [-0.2, 0) is 9.53 Å². The zero-order valence-electron chi connectivity index (χ0n) is 11.7. The maximum absolute atomic E-state index is 11.6. The minimum atomic E-state index is -0.498. The molecule has 2 rings (SSSR count). The van der Waals surface area contributed by atoms with Gasteiger partial charge in [0.2, 0.25) is 0 Å². The molecule has 104 valence electrons. The van der Waals surface area contributed by atoms with Crippen LogP contribution in [0.15, 0.2) is 36.4 Å². The van der Waals surface area contributed by atoms with Gasteiger partial charge in [0, 0.05) is 11.5 Å². The predicted octanol–water partition coefficient (Wildman–Crippen LogP) is 4.24. The Morgan fingerprint density at radius 3 is 2.70 bits per heavy atom. The number of esters is 1. The van der Waals surface area contributed by atoms with Crippen LogP contribution >= 0.6 is 11.6 Å². The second-order valence-electron chi connectivity index (χ2n) is 5.41. The molecule has 0 saturated heterocycles. The van der Waals surface area contributed by atoms with Crippen molar-refractivity contribution in [2.45, 2.75) is 26.4 Å². The first kappa shape index (κ1) is 14.5. The molecule has 1 aromatic carbocycles. The zero-order chi connectivity index (χ0) is 14.8. The molecule has 1 heterocycles. The Morgan fingerprint density at radius 2 is 2.00 bits per heavy atom. The highest BCUT2D eigenvalue weighted by Gasteiger charge is 2.13. The van der Waals surface area contributed by atoms with E-state index >= 15 is 0 Å². The molecule has 0 aliphatic heterocycles. The summed E-state index contributed by atoms with van der Waals surface area (Å²) in [7, 11) is 0. The molecule has 0 N–H and O–H groups in total. The number of ether oxygens (including phenoxy) is 1. The molecule has 0 amide bonds. The topological polar surface area (TPSA) is 39.2 Å². The second kappa shape index (κ2) is 5.63. The van der Waals surface area contributed by atoms with Crippen LogP contribution in [0.25, 0.3) is 17.0 Å². The standard InChI is InChI=1S/C16H16ClNO2/c1-16(2,3)20-14(19)10-9-12-8-7-11-5-4-6-13(17)15(11)18-12/h4-10H,1-3H3/b10-9+. The summed E-state index contributed by atoms with van der Waals surface area (Å²) in [5.41, 5.74) is 0.888. The average Bonchev–Trinajstić information content (AvgIpc) is 2.35. The van der Waals surface area contributed by atoms with Gasteiger partial charge in [-0.1, -0.05) is 29.8 Å². The van der Waals surface area contributed by atoms with Crippen LogP contribution in [0.3, 0.4) is 0 Å². The lowest BCUT2D eigenvalue weighted by Gasteiger charge is -2.17. The van der Waals surface area contributed by atoms with Crippen molar-refractivity contribution >= 4 is 34.5 Å². The van der Waals surface area contributed by atoms with Crippen LogP contribution in [0, 0.1) is 0 Å². The van der Waals surface area contributed by atoms with Gasteiger partial charge in [0.05, 0.1) is 16.2 Å². The van der Waals surface area contributed by atoms with Crippen molar-refractivity contribution in [3.8, 4) is 0 Å². The van der Waals surface area contributed by atoms with E-state index in [0.29, 0.717) is 10.7 Å². The zero-order valence-corrected chi connectivity index (χ0v) is 12.4. The number of hydrogen-bond acceptors (Lipinski definition) is 3. The molecule has 0 unspecified atom stereocenters. The van der Waals surface area contributed by atoms with E-state index in [1.807, 2.05) is 45.0 Å². The summed E-state index contributed by atoms with van der Waals surface area (Å²) in [5.74, 6) is -0.390. The third-order valence-corrected chi connectivity index (χ3v) is 2.79. The number of para-hydroxylation sites is 1. The first-order chi connectivity index (χ1) is 9.35. The van der Waals surface area contributed by atoms with E-state index in [0.717, 1.165) is 10.9 Å².